The van der Waals surface area contributed by atoms with Crippen LogP contribution in [0.2, 0.25) is 0 Å². The van der Waals surface area contributed by atoms with Gasteiger partial charge in [-0.3, -0.25) is 14.9 Å². The van der Waals surface area contributed by atoms with Crippen molar-refractivity contribution >= 4 is 17.3 Å². The summed E-state index contributed by atoms with van der Waals surface area (Å²) in [6.07, 6.45) is 0.316. The first-order valence-corrected chi connectivity index (χ1v) is 9.38. The Morgan fingerprint density at radius 1 is 0.897 bits per heavy atom. The molecule has 2 N–H and O–H groups in total. The van der Waals surface area contributed by atoms with Gasteiger partial charge in [0.2, 0.25) is 5.91 Å². The first-order chi connectivity index (χ1) is 14.0. The van der Waals surface area contributed by atoms with E-state index in [9.17, 15) is 14.9 Å². The number of carbonyl (C=O) groups excluding carboxylic acids is 1. The maximum atomic E-state index is 12.2. The van der Waals surface area contributed by atoms with Crippen LogP contribution in [-0.2, 0) is 24.3 Å². The summed E-state index contributed by atoms with van der Waals surface area (Å²) in [5.41, 5.74) is 4.98. The lowest BCUT2D eigenvalue weighted by Gasteiger charge is -2.09. The molecule has 0 unspecified atom stereocenters. The Morgan fingerprint density at radius 3 is 2.28 bits per heavy atom. The van der Waals surface area contributed by atoms with Gasteiger partial charge in [-0.1, -0.05) is 54.1 Å². The van der Waals surface area contributed by atoms with Gasteiger partial charge in [0, 0.05) is 30.9 Å². The zero-order chi connectivity index (χ0) is 20.6. The van der Waals surface area contributed by atoms with Crippen molar-refractivity contribution in [1.82, 2.24) is 5.32 Å². The largest absolute Gasteiger partial charge is 0.381 e. The highest BCUT2D eigenvalue weighted by atomic mass is 16.6. The van der Waals surface area contributed by atoms with Crippen LogP contribution in [0.3, 0.4) is 0 Å². The molecule has 3 aromatic carbocycles. The van der Waals surface area contributed by atoms with E-state index in [1.54, 1.807) is 12.1 Å². The van der Waals surface area contributed by atoms with Crippen molar-refractivity contribution in [2.24, 2.45) is 0 Å². The number of anilines is 1. The number of carbonyl (C=O) groups is 1. The average molecular weight is 389 g/mol. The van der Waals surface area contributed by atoms with E-state index >= 15 is 0 Å². The van der Waals surface area contributed by atoms with Crippen molar-refractivity contribution in [1.29, 1.82) is 0 Å². The van der Waals surface area contributed by atoms with Crippen LogP contribution in [0.1, 0.15) is 22.3 Å². The summed E-state index contributed by atoms with van der Waals surface area (Å²) in [5.74, 6) is -0.0242. The minimum atomic E-state index is -0.400. The summed E-state index contributed by atoms with van der Waals surface area (Å²) in [6, 6.07) is 22.2. The van der Waals surface area contributed by atoms with Gasteiger partial charge in [-0.25, -0.2) is 0 Å². The number of non-ortho nitro benzene ring substituents is 1. The van der Waals surface area contributed by atoms with Gasteiger partial charge < -0.3 is 10.6 Å². The third-order valence-corrected chi connectivity index (χ3v) is 4.51. The lowest BCUT2D eigenvalue weighted by atomic mass is 10.1. The molecule has 0 atom stereocenters. The predicted molar refractivity (Wildman–Crippen MR) is 114 cm³/mol. The fourth-order valence-corrected chi connectivity index (χ4v) is 3.00. The molecule has 0 bridgehead atoms. The van der Waals surface area contributed by atoms with Gasteiger partial charge in [0.1, 0.15) is 0 Å². The smallest absolute Gasteiger partial charge is 0.269 e. The SMILES string of the molecule is Cc1cccc(CNC(=O)Cc2ccc(NCc3cccc([N+](=O)[O-])c3)cc2)c1. The Kier molecular flexibility index (Phi) is 6.58. The lowest BCUT2D eigenvalue weighted by Crippen LogP contribution is -2.24. The van der Waals surface area contributed by atoms with Gasteiger partial charge in [-0.05, 0) is 35.7 Å². The second-order valence-electron chi connectivity index (χ2n) is 6.92. The number of rotatable bonds is 8. The standard InChI is InChI=1S/C23H23N3O3/c1-17-4-2-5-19(12-17)16-25-23(27)14-18-8-10-21(11-9-18)24-15-20-6-3-7-22(13-20)26(28)29/h2-13,24H,14-16H2,1H3,(H,25,27). The van der Waals surface area contributed by atoms with E-state index in [-0.39, 0.29) is 11.6 Å². The van der Waals surface area contributed by atoms with E-state index in [2.05, 4.69) is 16.7 Å². The second kappa shape index (κ2) is 9.50. The molecule has 0 saturated heterocycles. The zero-order valence-corrected chi connectivity index (χ0v) is 16.2. The molecule has 0 aromatic heterocycles. The molecule has 148 valence electrons. The monoisotopic (exact) mass is 389 g/mol. The molecule has 29 heavy (non-hydrogen) atoms. The summed E-state index contributed by atoms with van der Waals surface area (Å²) in [7, 11) is 0. The van der Waals surface area contributed by atoms with Crippen LogP contribution >= 0.6 is 0 Å². The van der Waals surface area contributed by atoms with Crippen molar-refractivity contribution in [2.45, 2.75) is 26.4 Å². The predicted octanol–water partition coefficient (Wildman–Crippen LogP) is 4.37. The molecule has 1 amide bonds. The fraction of sp³-hybridized carbons (Fsp3) is 0.174. The van der Waals surface area contributed by atoms with E-state index in [4.69, 9.17) is 0 Å². The van der Waals surface area contributed by atoms with Crippen LogP contribution in [-0.4, -0.2) is 10.8 Å². The Labute approximate surface area is 169 Å². The van der Waals surface area contributed by atoms with Gasteiger partial charge in [0.15, 0.2) is 0 Å². The number of nitrogens with zero attached hydrogens (tertiary/aromatic N) is 1. The zero-order valence-electron chi connectivity index (χ0n) is 16.2. The van der Waals surface area contributed by atoms with Gasteiger partial charge in [-0.2, -0.15) is 0 Å². The number of nitro benzene ring substituents is 1. The molecule has 0 radical (unpaired) electrons. The first-order valence-electron chi connectivity index (χ1n) is 9.38. The van der Waals surface area contributed by atoms with Crippen molar-refractivity contribution < 1.29 is 9.72 Å². The summed E-state index contributed by atoms with van der Waals surface area (Å²) in [6.45, 7) is 3.03. The quantitative estimate of drug-likeness (QED) is 0.442. The van der Waals surface area contributed by atoms with Crippen molar-refractivity contribution in [3.05, 3.63) is 105 Å². The number of nitro groups is 1. The Bertz CT molecular complexity index is 1000. The molecule has 0 fully saturated rings. The molecule has 0 aliphatic heterocycles. The van der Waals surface area contributed by atoms with E-state index in [0.29, 0.717) is 19.5 Å². The fourth-order valence-electron chi connectivity index (χ4n) is 3.00. The maximum absolute atomic E-state index is 12.2. The van der Waals surface area contributed by atoms with Gasteiger partial charge in [-0.15, -0.1) is 0 Å². The van der Waals surface area contributed by atoms with Crippen LogP contribution in [0.4, 0.5) is 11.4 Å². The van der Waals surface area contributed by atoms with E-state index in [1.807, 2.05) is 55.5 Å². The first kappa shape index (κ1) is 20.1. The minimum Gasteiger partial charge on any atom is -0.381 e. The molecule has 3 rings (SSSR count). The van der Waals surface area contributed by atoms with Crippen LogP contribution < -0.4 is 10.6 Å². The lowest BCUT2D eigenvalue weighted by molar-refractivity contribution is -0.384. The van der Waals surface area contributed by atoms with Crippen LogP contribution in [0.25, 0.3) is 0 Å². The molecule has 0 heterocycles. The van der Waals surface area contributed by atoms with Gasteiger partial charge >= 0.3 is 0 Å². The Balaban J connectivity index is 1.48. The van der Waals surface area contributed by atoms with E-state index < -0.39 is 4.92 Å². The topological polar surface area (TPSA) is 84.3 Å². The van der Waals surface area contributed by atoms with E-state index in [1.165, 1.54) is 11.6 Å². The van der Waals surface area contributed by atoms with Crippen LogP contribution in [0, 0.1) is 17.0 Å². The average Bonchev–Trinajstić information content (AvgIpc) is 2.72. The molecule has 6 nitrogen and oxygen atoms in total. The molecular weight excluding hydrogens is 366 g/mol. The number of hydrogen-bond donors (Lipinski definition) is 2. The third-order valence-electron chi connectivity index (χ3n) is 4.51. The highest BCUT2D eigenvalue weighted by Gasteiger charge is 2.06. The number of nitrogens with one attached hydrogen (secondary N) is 2. The van der Waals surface area contributed by atoms with Crippen LogP contribution in [0.15, 0.2) is 72.8 Å². The molecular formula is C23H23N3O3. The van der Waals surface area contributed by atoms with Crippen molar-refractivity contribution in [3.8, 4) is 0 Å². The summed E-state index contributed by atoms with van der Waals surface area (Å²) >= 11 is 0. The van der Waals surface area contributed by atoms with Crippen LogP contribution in [0.5, 0.6) is 0 Å². The molecule has 0 aliphatic carbocycles. The molecule has 0 spiro atoms. The maximum Gasteiger partial charge on any atom is 0.269 e. The minimum absolute atomic E-state index is 0.0242. The second-order valence-corrected chi connectivity index (χ2v) is 6.92. The molecule has 0 aliphatic rings. The highest BCUT2D eigenvalue weighted by molar-refractivity contribution is 5.78. The normalized spacial score (nSPS) is 10.4. The summed E-state index contributed by atoms with van der Waals surface area (Å²) in [4.78, 5) is 22.6. The third kappa shape index (κ3) is 6.17. The van der Waals surface area contributed by atoms with E-state index in [0.717, 1.165) is 22.4 Å². The summed E-state index contributed by atoms with van der Waals surface area (Å²) in [5, 5.41) is 17.0. The van der Waals surface area contributed by atoms with Crippen molar-refractivity contribution in [2.75, 3.05) is 5.32 Å². The Hall–Kier alpha value is -3.67. The number of amides is 1. The summed E-state index contributed by atoms with van der Waals surface area (Å²) < 4.78 is 0. The molecule has 3 aromatic rings. The van der Waals surface area contributed by atoms with Crippen molar-refractivity contribution in [3.63, 3.8) is 0 Å². The molecule has 6 heteroatoms. The number of aryl methyl sites for hydroxylation is 1. The van der Waals surface area contributed by atoms with Gasteiger partial charge in [0.25, 0.3) is 5.69 Å². The highest BCUT2D eigenvalue weighted by Crippen LogP contribution is 2.16. The molecule has 0 saturated carbocycles. The Morgan fingerprint density at radius 2 is 1.59 bits per heavy atom. The number of benzene rings is 3. The van der Waals surface area contributed by atoms with Gasteiger partial charge in [0.05, 0.1) is 11.3 Å². The number of hydrogen-bond acceptors (Lipinski definition) is 4.